The first-order valence-electron chi connectivity index (χ1n) is 7.35. The van der Waals surface area contributed by atoms with E-state index in [4.69, 9.17) is 0 Å². The molecule has 0 N–H and O–H groups in total. The predicted octanol–water partition coefficient (Wildman–Crippen LogP) is 2.83. The third-order valence-corrected chi connectivity index (χ3v) is 3.89. The summed E-state index contributed by atoms with van der Waals surface area (Å²) < 4.78 is 0. The summed E-state index contributed by atoms with van der Waals surface area (Å²) in [5, 5.41) is 0. The molecule has 0 aliphatic carbocycles. The molecule has 0 saturated carbocycles. The van der Waals surface area contributed by atoms with Crippen LogP contribution < -0.4 is 4.90 Å². The fourth-order valence-corrected chi connectivity index (χ4v) is 2.85. The Labute approximate surface area is 116 Å². The Bertz CT molecular complexity index is 427. The van der Waals surface area contributed by atoms with Crippen molar-refractivity contribution < 1.29 is 4.79 Å². The van der Waals surface area contributed by atoms with Crippen LogP contribution in [-0.2, 0) is 4.79 Å². The monoisotopic (exact) mass is 260 g/mol. The molecule has 3 heteroatoms. The van der Waals surface area contributed by atoms with Gasteiger partial charge in [0.05, 0.1) is 0 Å². The van der Waals surface area contributed by atoms with Crippen LogP contribution in [0.5, 0.6) is 0 Å². The molecule has 2 fully saturated rings. The lowest BCUT2D eigenvalue weighted by Gasteiger charge is -2.38. The van der Waals surface area contributed by atoms with E-state index < -0.39 is 0 Å². The van der Waals surface area contributed by atoms with Crippen molar-refractivity contribution in [3.05, 3.63) is 29.8 Å². The number of aryl methyl sites for hydroxylation is 1. The van der Waals surface area contributed by atoms with Gasteiger partial charge in [0.2, 0.25) is 5.91 Å². The van der Waals surface area contributed by atoms with Gasteiger partial charge >= 0.3 is 0 Å². The lowest BCUT2D eigenvalue weighted by molar-refractivity contribution is -0.129. The topological polar surface area (TPSA) is 23.6 Å². The van der Waals surface area contributed by atoms with Crippen LogP contribution in [0.1, 0.15) is 32.3 Å². The summed E-state index contributed by atoms with van der Waals surface area (Å²) in [6.45, 7) is 8.95. The number of nitrogens with zero attached hydrogens (tertiary/aromatic N) is 2. The molecule has 2 aliphatic rings. The van der Waals surface area contributed by atoms with Gasteiger partial charge in [0, 0.05) is 37.8 Å². The second kappa shape index (κ2) is 6.09. The Balaban J connectivity index is 0.000000637. The Hall–Kier alpha value is -1.51. The van der Waals surface area contributed by atoms with E-state index in [1.54, 1.807) is 0 Å². The van der Waals surface area contributed by atoms with Crippen LogP contribution in [0.2, 0.25) is 0 Å². The second-order valence-corrected chi connectivity index (χ2v) is 5.06. The largest absolute Gasteiger partial charge is 0.368 e. The van der Waals surface area contributed by atoms with Gasteiger partial charge in [-0.05, 0) is 25.5 Å². The molecule has 2 saturated heterocycles. The molecule has 0 radical (unpaired) electrons. The van der Waals surface area contributed by atoms with Crippen LogP contribution in [0.3, 0.4) is 0 Å². The smallest absolute Gasteiger partial charge is 0.223 e. The molecule has 0 aromatic heterocycles. The van der Waals surface area contributed by atoms with E-state index in [-0.39, 0.29) is 0 Å². The average Bonchev–Trinajstić information content (AvgIpc) is 2.83. The number of carbonyl (C=O) groups is 1. The summed E-state index contributed by atoms with van der Waals surface area (Å²) in [7, 11) is 0. The summed E-state index contributed by atoms with van der Waals surface area (Å²) in [6, 6.07) is 9.12. The molecule has 19 heavy (non-hydrogen) atoms. The van der Waals surface area contributed by atoms with E-state index in [2.05, 4.69) is 41.0 Å². The number of amides is 1. The van der Waals surface area contributed by atoms with E-state index in [9.17, 15) is 4.79 Å². The fraction of sp³-hybridized carbons (Fsp3) is 0.562. The van der Waals surface area contributed by atoms with E-state index in [0.29, 0.717) is 11.9 Å². The fourth-order valence-electron chi connectivity index (χ4n) is 2.85. The Kier molecular flexibility index (Phi) is 4.46. The molecule has 3 nitrogen and oxygen atoms in total. The van der Waals surface area contributed by atoms with Gasteiger partial charge in [0.15, 0.2) is 0 Å². The van der Waals surface area contributed by atoms with Gasteiger partial charge in [-0.3, -0.25) is 4.79 Å². The van der Waals surface area contributed by atoms with Gasteiger partial charge in [0.25, 0.3) is 0 Å². The first kappa shape index (κ1) is 13.9. The molecule has 3 rings (SSSR count). The summed E-state index contributed by atoms with van der Waals surface area (Å²) >= 11 is 0. The lowest BCUT2D eigenvalue weighted by Crippen LogP contribution is -2.51. The number of hydrogen-bond acceptors (Lipinski definition) is 2. The maximum absolute atomic E-state index is 11.6. The maximum Gasteiger partial charge on any atom is 0.223 e. The van der Waals surface area contributed by atoms with Crippen molar-refractivity contribution in [2.45, 2.75) is 39.7 Å². The standard InChI is InChI=1S/C14H18N2O.C2H6/c1-11-2-4-12(5-3-11)15-8-9-16-13(10-15)6-7-14(16)17;1-2/h2-5,13H,6-10H2,1H3;1-2H3/t13-;/m0./s1. The zero-order valence-corrected chi connectivity index (χ0v) is 12.2. The number of rotatable bonds is 1. The second-order valence-electron chi connectivity index (χ2n) is 5.06. The number of piperazine rings is 1. The van der Waals surface area contributed by atoms with E-state index >= 15 is 0 Å². The zero-order valence-electron chi connectivity index (χ0n) is 12.2. The minimum atomic E-state index is 0.346. The van der Waals surface area contributed by atoms with Crippen molar-refractivity contribution in [1.29, 1.82) is 0 Å². The molecule has 1 amide bonds. The lowest BCUT2D eigenvalue weighted by atomic mass is 10.1. The Morgan fingerprint density at radius 2 is 1.79 bits per heavy atom. The van der Waals surface area contributed by atoms with Gasteiger partial charge in [-0.15, -0.1) is 0 Å². The molecule has 1 aromatic carbocycles. The van der Waals surface area contributed by atoms with Crippen LogP contribution >= 0.6 is 0 Å². The third kappa shape index (κ3) is 2.91. The molecule has 0 bridgehead atoms. The summed E-state index contributed by atoms with van der Waals surface area (Å²) in [5.74, 6) is 0.346. The van der Waals surface area contributed by atoms with Gasteiger partial charge in [-0.2, -0.15) is 0 Å². The highest BCUT2D eigenvalue weighted by atomic mass is 16.2. The van der Waals surface area contributed by atoms with Crippen molar-refractivity contribution in [2.24, 2.45) is 0 Å². The Morgan fingerprint density at radius 1 is 1.11 bits per heavy atom. The minimum Gasteiger partial charge on any atom is -0.368 e. The van der Waals surface area contributed by atoms with Crippen molar-refractivity contribution >= 4 is 11.6 Å². The Morgan fingerprint density at radius 3 is 2.47 bits per heavy atom. The summed E-state index contributed by atoms with van der Waals surface area (Å²) in [4.78, 5) is 16.1. The van der Waals surface area contributed by atoms with Crippen LogP contribution in [0, 0.1) is 6.92 Å². The molecule has 2 heterocycles. The van der Waals surface area contributed by atoms with Gasteiger partial charge in [-0.1, -0.05) is 31.5 Å². The minimum absolute atomic E-state index is 0.346. The quantitative estimate of drug-likeness (QED) is 0.775. The maximum atomic E-state index is 11.6. The van der Waals surface area contributed by atoms with Crippen molar-refractivity contribution in [3.63, 3.8) is 0 Å². The molecule has 1 aromatic rings. The van der Waals surface area contributed by atoms with Crippen molar-refractivity contribution in [3.8, 4) is 0 Å². The first-order valence-corrected chi connectivity index (χ1v) is 7.35. The first-order chi connectivity index (χ1) is 9.24. The normalized spacial score (nSPS) is 21.8. The third-order valence-electron chi connectivity index (χ3n) is 3.89. The van der Waals surface area contributed by atoms with Crippen LogP contribution in [0.25, 0.3) is 0 Å². The highest BCUT2D eigenvalue weighted by molar-refractivity contribution is 5.79. The van der Waals surface area contributed by atoms with E-state index in [0.717, 1.165) is 32.5 Å². The molecule has 2 aliphatic heterocycles. The molecular weight excluding hydrogens is 236 g/mol. The average molecular weight is 260 g/mol. The van der Waals surface area contributed by atoms with Crippen LogP contribution in [0.4, 0.5) is 5.69 Å². The molecule has 104 valence electrons. The van der Waals surface area contributed by atoms with Gasteiger partial charge < -0.3 is 9.80 Å². The molecular formula is C16H24N2O. The van der Waals surface area contributed by atoms with Crippen molar-refractivity contribution in [1.82, 2.24) is 4.90 Å². The number of carbonyl (C=O) groups excluding carboxylic acids is 1. The van der Waals surface area contributed by atoms with Gasteiger partial charge in [0.1, 0.15) is 0 Å². The number of anilines is 1. The highest BCUT2D eigenvalue weighted by Gasteiger charge is 2.35. The molecule has 0 spiro atoms. The molecule has 0 unspecified atom stereocenters. The molecule has 1 atom stereocenters. The predicted molar refractivity (Wildman–Crippen MR) is 79.5 cm³/mol. The van der Waals surface area contributed by atoms with Crippen LogP contribution in [-0.4, -0.2) is 36.5 Å². The van der Waals surface area contributed by atoms with E-state index in [1.807, 2.05) is 13.8 Å². The highest BCUT2D eigenvalue weighted by Crippen LogP contribution is 2.26. The summed E-state index contributed by atoms with van der Waals surface area (Å²) in [6.07, 6.45) is 1.77. The van der Waals surface area contributed by atoms with Crippen molar-refractivity contribution in [2.75, 3.05) is 24.5 Å². The number of fused-ring (bicyclic) bond motifs is 1. The van der Waals surface area contributed by atoms with Gasteiger partial charge in [-0.25, -0.2) is 0 Å². The SMILES string of the molecule is CC.Cc1ccc(N2CCN3C(=O)CC[C@H]3C2)cc1. The summed E-state index contributed by atoms with van der Waals surface area (Å²) in [5.41, 5.74) is 2.58. The number of hydrogen-bond donors (Lipinski definition) is 0. The van der Waals surface area contributed by atoms with Crippen LogP contribution in [0.15, 0.2) is 24.3 Å². The zero-order chi connectivity index (χ0) is 13.8. The number of benzene rings is 1. The van der Waals surface area contributed by atoms with E-state index in [1.165, 1.54) is 11.3 Å².